The Morgan fingerprint density at radius 1 is 0.943 bits per heavy atom. The minimum atomic E-state index is -0.261. The smallest absolute Gasteiger partial charge is 0.255 e. The van der Waals surface area contributed by atoms with Crippen LogP contribution in [0.25, 0.3) is 5.69 Å². The summed E-state index contributed by atoms with van der Waals surface area (Å²) in [6, 6.07) is 20.1. The van der Waals surface area contributed by atoms with E-state index in [9.17, 15) is 14.7 Å². The van der Waals surface area contributed by atoms with Crippen molar-refractivity contribution < 1.29 is 19.4 Å². The number of phenolic OH excluding ortho intramolecular Hbond substituents is 1. The second kappa shape index (κ2) is 11.2. The molecule has 0 unspecified atom stereocenters. The van der Waals surface area contributed by atoms with E-state index >= 15 is 0 Å². The van der Waals surface area contributed by atoms with Crippen LogP contribution in [0.3, 0.4) is 0 Å². The topological polar surface area (TPSA) is 131 Å². The molecule has 1 aromatic heterocycles. The van der Waals surface area contributed by atoms with E-state index in [0.717, 1.165) is 5.75 Å². The summed E-state index contributed by atoms with van der Waals surface area (Å²) in [5.41, 5.74) is 2.34. The van der Waals surface area contributed by atoms with Crippen molar-refractivity contribution in [2.45, 2.75) is 12.1 Å². The van der Waals surface area contributed by atoms with Crippen LogP contribution in [-0.2, 0) is 4.79 Å². The Morgan fingerprint density at radius 3 is 2.29 bits per heavy atom. The number of carbonyl (C=O) groups excluding carboxylic acids is 2. The van der Waals surface area contributed by atoms with Crippen LogP contribution >= 0.6 is 11.8 Å². The molecule has 0 saturated heterocycles. The average Bonchev–Trinajstić information content (AvgIpc) is 3.34. The van der Waals surface area contributed by atoms with Gasteiger partial charge in [0.15, 0.2) is 0 Å². The lowest BCUT2D eigenvalue weighted by Crippen LogP contribution is -2.15. The van der Waals surface area contributed by atoms with Gasteiger partial charge < -0.3 is 20.5 Å². The summed E-state index contributed by atoms with van der Waals surface area (Å²) < 4.78 is 6.88. The SMILES string of the molecule is CCOc1ccc(NC(=O)c2ccc(NC(=O)CSc3nnnn3-c3ccc(O)cc3)cc2)cc1. The molecule has 4 rings (SSSR count). The fourth-order valence-corrected chi connectivity index (χ4v) is 3.75. The molecular weight excluding hydrogens is 468 g/mol. The monoisotopic (exact) mass is 490 g/mol. The lowest BCUT2D eigenvalue weighted by Gasteiger charge is -2.09. The molecule has 11 heteroatoms. The zero-order valence-electron chi connectivity index (χ0n) is 18.7. The molecule has 178 valence electrons. The van der Waals surface area contributed by atoms with Gasteiger partial charge in [-0.2, -0.15) is 4.68 Å². The molecule has 0 bridgehead atoms. The van der Waals surface area contributed by atoms with Crippen LogP contribution in [0.15, 0.2) is 78.0 Å². The molecule has 0 aliphatic rings. The molecule has 0 atom stereocenters. The molecule has 0 saturated carbocycles. The van der Waals surface area contributed by atoms with Crippen molar-refractivity contribution >= 4 is 35.0 Å². The minimum absolute atomic E-state index is 0.0818. The van der Waals surface area contributed by atoms with Gasteiger partial charge in [-0.1, -0.05) is 11.8 Å². The third kappa shape index (κ3) is 6.36. The molecule has 0 spiro atoms. The number of phenols is 1. The third-order valence-electron chi connectivity index (χ3n) is 4.72. The fourth-order valence-electron chi connectivity index (χ4n) is 3.06. The second-order valence-electron chi connectivity index (χ2n) is 7.22. The summed E-state index contributed by atoms with van der Waals surface area (Å²) in [7, 11) is 0. The number of hydrogen-bond donors (Lipinski definition) is 3. The molecule has 0 aliphatic heterocycles. The van der Waals surface area contributed by atoms with E-state index in [-0.39, 0.29) is 23.3 Å². The number of thioether (sulfide) groups is 1. The number of anilines is 2. The highest BCUT2D eigenvalue weighted by molar-refractivity contribution is 7.99. The first-order chi connectivity index (χ1) is 17.0. The van der Waals surface area contributed by atoms with Crippen molar-refractivity contribution in [1.82, 2.24) is 20.2 Å². The first-order valence-electron chi connectivity index (χ1n) is 10.7. The number of nitrogens with one attached hydrogen (secondary N) is 2. The van der Waals surface area contributed by atoms with Crippen LogP contribution in [0.2, 0.25) is 0 Å². The van der Waals surface area contributed by atoms with Crippen molar-refractivity contribution in [3.05, 3.63) is 78.4 Å². The van der Waals surface area contributed by atoms with Crippen LogP contribution in [-0.4, -0.2) is 49.5 Å². The summed E-state index contributed by atoms with van der Waals surface area (Å²) >= 11 is 1.17. The van der Waals surface area contributed by atoms with Crippen molar-refractivity contribution in [3.8, 4) is 17.2 Å². The van der Waals surface area contributed by atoms with Crippen molar-refractivity contribution in [2.24, 2.45) is 0 Å². The highest BCUT2D eigenvalue weighted by Gasteiger charge is 2.12. The standard InChI is InChI=1S/C24H22N6O4S/c1-2-34-21-13-7-18(8-14-21)26-23(33)16-3-5-17(6-4-16)25-22(32)15-35-24-27-28-29-30(24)19-9-11-20(31)12-10-19/h3-14,31H,2,15H2,1H3,(H,25,32)(H,26,33). The maximum absolute atomic E-state index is 12.5. The zero-order valence-corrected chi connectivity index (χ0v) is 19.5. The molecule has 10 nitrogen and oxygen atoms in total. The number of ether oxygens (including phenoxy) is 1. The van der Waals surface area contributed by atoms with Crippen molar-refractivity contribution in [3.63, 3.8) is 0 Å². The maximum Gasteiger partial charge on any atom is 0.255 e. The summed E-state index contributed by atoms with van der Waals surface area (Å²) in [5.74, 6) is 0.444. The van der Waals surface area contributed by atoms with Crippen molar-refractivity contribution in [2.75, 3.05) is 23.0 Å². The molecule has 3 N–H and O–H groups in total. The number of carbonyl (C=O) groups is 2. The van der Waals surface area contributed by atoms with Gasteiger partial charge in [0.25, 0.3) is 5.91 Å². The number of rotatable bonds is 9. The van der Waals surface area contributed by atoms with E-state index in [1.165, 1.54) is 28.6 Å². The van der Waals surface area contributed by atoms with Gasteiger partial charge in [-0.05, 0) is 90.1 Å². The fraction of sp³-hybridized carbons (Fsp3) is 0.125. The molecule has 0 radical (unpaired) electrons. The van der Waals surface area contributed by atoms with Gasteiger partial charge in [-0.25, -0.2) is 0 Å². The quantitative estimate of drug-likeness (QED) is 0.302. The van der Waals surface area contributed by atoms with E-state index in [4.69, 9.17) is 4.74 Å². The minimum Gasteiger partial charge on any atom is -0.508 e. The van der Waals surface area contributed by atoms with Crippen LogP contribution in [0.5, 0.6) is 11.5 Å². The molecule has 3 aromatic carbocycles. The lowest BCUT2D eigenvalue weighted by molar-refractivity contribution is -0.113. The van der Waals surface area contributed by atoms with Crippen molar-refractivity contribution in [1.29, 1.82) is 0 Å². The average molecular weight is 491 g/mol. The predicted octanol–water partition coefficient (Wildman–Crippen LogP) is 3.75. The third-order valence-corrected chi connectivity index (χ3v) is 5.64. The Bertz CT molecular complexity index is 1290. The van der Waals surface area contributed by atoms with Crippen LogP contribution in [0.1, 0.15) is 17.3 Å². The number of nitrogens with zero attached hydrogens (tertiary/aromatic N) is 4. The van der Waals surface area contributed by atoms with Gasteiger partial charge >= 0.3 is 0 Å². The van der Waals surface area contributed by atoms with Gasteiger partial charge in [-0.3, -0.25) is 9.59 Å². The van der Waals surface area contributed by atoms with Gasteiger partial charge in [-0.15, -0.1) is 5.10 Å². The molecular formula is C24H22N6O4S. The van der Waals surface area contributed by atoms with Crippen LogP contribution < -0.4 is 15.4 Å². The predicted molar refractivity (Wildman–Crippen MR) is 132 cm³/mol. The zero-order chi connectivity index (χ0) is 24.6. The Kier molecular flexibility index (Phi) is 7.58. The Labute approximate surface area is 205 Å². The Hall–Kier alpha value is -4.38. The van der Waals surface area contributed by atoms with Gasteiger partial charge in [0.2, 0.25) is 11.1 Å². The molecule has 1 heterocycles. The lowest BCUT2D eigenvalue weighted by atomic mass is 10.2. The maximum atomic E-state index is 12.5. The van der Waals surface area contributed by atoms with E-state index in [1.807, 2.05) is 6.92 Å². The number of amides is 2. The summed E-state index contributed by atoms with van der Waals surface area (Å²) in [5, 5.41) is 27.0. The van der Waals surface area contributed by atoms with Gasteiger partial charge in [0.1, 0.15) is 11.5 Å². The highest BCUT2D eigenvalue weighted by atomic mass is 32.2. The van der Waals surface area contributed by atoms with Gasteiger partial charge in [0, 0.05) is 16.9 Å². The number of aromatic hydroxyl groups is 1. The summed E-state index contributed by atoms with van der Waals surface area (Å²) in [4.78, 5) is 24.9. The molecule has 2 amide bonds. The number of tetrazole rings is 1. The number of hydrogen-bond acceptors (Lipinski definition) is 8. The number of aromatic nitrogens is 4. The van der Waals surface area contributed by atoms with Crippen LogP contribution in [0, 0.1) is 0 Å². The molecule has 0 aliphatic carbocycles. The summed E-state index contributed by atoms with van der Waals surface area (Å²) in [6.07, 6.45) is 0. The van der Waals surface area contributed by atoms with Crippen LogP contribution in [0.4, 0.5) is 11.4 Å². The van der Waals surface area contributed by atoms with E-state index in [0.29, 0.717) is 34.4 Å². The molecule has 4 aromatic rings. The first-order valence-corrected chi connectivity index (χ1v) is 11.6. The summed E-state index contributed by atoms with van der Waals surface area (Å²) in [6.45, 7) is 2.48. The molecule has 35 heavy (non-hydrogen) atoms. The normalized spacial score (nSPS) is 10.5. The van der Waals surface area contributed by atoms with Gasteiger partial charge in [0.05, 0.1) is 18.0 Å². The Morgan fingerprint density at radius 2 is 1.60 bits per heavy atom. The largest absolute Gasteiger partial charge is 0.508 e. The Balaban J connectivity index is 1.29. The van der Waals surface area contributed by atoms with E-state index < -0.39 is 0 Å². The highest BCUT2D eigenvalue weighted by Crippen LogP contribution is 2.21. The van der Waals surface area contributed by atoms with E-state index in [2.05, 4.69) is 26.2 Å². The van der Waals surface area contributed by atoms with E-state index in [1.54, 1.807) is 60.7 Å². The number of benzene rings is 3. The molecule has 0 fully saturated rings. The second-order valence-corrected chi connectivity index (χ2v) is 8.16. The first kappa shape index (κ1) is 23.8.